The maximum Gasteiger partial charge on any atom is 0.238 e. The normalized spacial score (nSPS) is 10.6. The van der Waals surface area contributed by atoms with Crippen molar-refractivity contribution in [2.45, 2.75) is 5.16 Å². The van der Waals surface area contributed by atoms with E-state index in [4.69, 9.17) is 23.2 Å². The molecule has 0 N–H and O–H groups in total. The van der Waals surface area contributed by atoms with E-state index in [0.29, 0.717) is 32.4 Å². The molecule has 2 aromatic carbocycles. The highest BCUT2D eigenvalue weighted by atomic mass is 35.5. The zero-order valence-corrected chi connectivity index (χ0v) is 19.4. The number of amides is 1. The number of nitrogens with zero attached hydrogens (tertiary/aromatic N) is 6. The average Bonchev–Trinajstić information content (AvgIpc) is 3.28. The Balaban J connectivity index is 1.66. The summed E-state index contributed by atoms with van der Waals surface area (Å²) >= 11 is 13.6. The van der Waals surface area contributed by atoms with Gasteiger partial charge in [0.2, 0.25) is 5.91 Å². The lowest BCUT2D eigenvalue weighted by atomic mass is 10.2. The first-order chi connectivity index (χ1) is 16.1. The van der Waals surface area contributed by atoms with Crippen LogP contribution in [0.2, 0.25) is 10.0 Å². The second kappa shape index (κ2) is 10.5. The van der Waals surface area contributed by atoms with Crippen molar-refractivity contribution in [1.82, 2.24) is 19.7 Å². The summed E-state index contributed by atoms with van der Waals surface area (Å²) in [5, 5.41) is 19.1. The van der Waals surface area contributed by atoms with Crippen molar-refractivity contribution in [2.24, 2.45) is 0 Å². The lowest BCUT2D eigenvalue weighted by Crippen LogP contribution is -2.32. The quantitative estimate of drug-likeness (QED) is 0.256. The summed E-state index contributed by atoms with van der Waals surface area (Å²) in [5.74, 6) is 0.385. The van der Waals surface area contributed by atoms with Crippen molar-refractivity contribution in [3.8, 4) is 23.1 Å². The fourth-order valence-corrected chi connectivity index (χ4v) is 4.23. The van der Waals surface area contributed by atoms with E-state index >= 15 is 0 Å². The number of nitriles is 1. The van der Waals surface area contributed by atoms with Crippen molar-refractivity contribution in [2.75, 3.05) is 17.2 Å². The summed E-state index contributed by atoms with van der Waals surface area (Å²) in [6, 6.07) is 20.0. The molecule has 10 heteroatoms. The van der Waals surface area contributed by atoms with E-state index in [1.54, 1.807) is 53.4 Å². The number of aromatic nitrogens is 4. The Morgan fingerprint density at radius 1 is 1.06 bits per heavy atom. The summed E-state index contributed by atoms with van der Waals surface area (Å²) in [7, 11) is 0. The number of thioether (sulfide) groups is 1. The van der Waals surface area contributed by atoms with Gasteiger partial charge >= 0.3 is 0 Å². The van der Waals surface area contributed by atoms with Crippen LogP contribution in [-0.4, -0.2) is 38.0 Å². The molecule has 2 aromatic heterocycles. The van der Waals surface area contributed by atoms with Gasteiger partial charge in [0.1, 0.15) is 6.54 Å². The van der Waals surface area contributed by atoms with Gasteiger partial charge in [0.15, 0.2) is 11.0 Å². The number of para-hydroxylation sites is 1. The largest absolute Gasteiger partial charge is 0.298 e. The van der Waals surface area contributed by atoms with Gasteiger partial charge in [-0.15, -0.1) is 10.2 Å². The van der Waals surface area contributed by atoms with E-state index in [-0.39, 0.29) is 18.2 Å². The predicted octanol–water partition coefficient (Wildman–Crippen LogP) is 5.28. The van der Waals surface area contributed by atoms with Gasteiger partial charge in [0.05, 0.1) is 27.6 Å². The van der Waals surface area contributed by atoms with Crippen LogP contribution in [0.15, 0.2) is 78.2 Å². The number of hydrogen-bond acceptors (Lipinski definition) is 6. The van der Waals surface area contributed by atoms with Gasteiger partial charge in [-0.05, 0) is 42.5 Å². The molecule has 33 heavy (non-hydrogen) atoms. The van der Waals surface area contributed by atoms with Crippen LogP contribution in [0, 0.1) is 11.3 Å². The third kappa shape index (κ3) is 5.17. The van der Waals surface area contributed by atoms with E-state index in [2.05, 4.69) is 15.2 Å². The summed E-state index contributed by atoms with van der Waals surface area (Å²) < 4.78 is 1.80. The lowest BCUT2D eigenvalue weighted by molar-refractivity contribution is -0.116. The van der Waals surface area contributed by atoms with Gasteiger partial charge in [0, 0.05) is 23.6 Å². The summed E-state index contributed by atoms with van der Waals surface area (Å²) in [6.45, 7) is -0.0518. The van der Waals surface area contributed by atoms with E-state index in [9.17, 15) is 10.1 Å². The van der Waals surface area contributed by atoms with Gasteiger partial charge in [-0.3, -0.25) is 19.2 Å². The number of halogens is 2. The van der Waals surface area contributed by atoms with E-state index < -0.39 is 0 Å². The Morgan fingerprint density at radius 3 is 2.58 bits per heavy atom. The smallest absolute Gasteiger partial charge is 0.238 e. The molecule has 0 saturated heterocycles. The zero-order chi connectivity index (χ0) is 23.2. The molecule has 0 bridgehead atoms. The van der Waals surface area contributed by atoms with Crippen molar-refractivity contribution < 1.29 is 4.79 Å². The maximum absolute atomic E-state index is 13.0. The molecule has 0 saturated carbocycles. The van der Waals surface area contributed by atoms with Crippen LogP contribution < -0.4 is 4.90 Å². The second-order valence-electron chi connectivity index (χ2n) is 6.74. The molecular formula is C23H16Cl2N6OS. The second-order valence-corrected chi connectivity index (χ2v) is 8.50. The van der Waals surface area contributed by atoms with Crippen molar-refractivity contribution in [3.63, 3.8) is 0 Å². The summed E-state index contributed by atoms with van der Waals surface area (Å²) in [5.41, 5.74) is 2.11. The first kappa shape index (κ1) is 22.8. The molecule has 7 nitrogen and oxygen atoms in total. The van der Waals surface area contributed by atoms with E-state index in [1.165, 1.54) is 16.7 Å². The minimum atomic E-state index is -0.223. The molecule has 0 aliphatic heterocycles. The molecule has 0 radical (unpaired) electrons. The number of pyridine rings is 1. The Hall–Kier alpha value is -3.38. The number of hydrogen-bond donors (Lipinski definition) is 0. The third-order valence-electron chi connectivity index (χ3n) is 4.64. The Morgan fingerprint density at radius 2 is 1.88 bits per heavy atom. The average molecular weight is 495 g/mol. The van der Waals surface area contributed by atoms with Gasteiger partial charge in [-0.25, -0.2) is 0 Å². The zero-order valence-electron chi connectivity index (χ0n) is 17.1. The number of rotatable bonds is 7. The third-order valence-corrected chi connectivity index (χ3v) is 6.29. The molecule has 1 amide bonds. The van der Waals surface area contributed by atoms with Crippen LogP contribution in [0.4, 0.5) is 5.69 Å². The van der Waals surface area contributed by atoms with Crippen LogP contribution >= 0.6 is 35.0 Å². The highest BCUT2D eigenvalue weighted by molar-refractivity contribution is 7.99. The minimum Gasteiger partial charge on any atom is -0.298 e. The van der Waals surface area contributed by atoms with Crippen molar-refractivity contribution >= 4 is 46.6 Å². The van der Waals surface area contributed by atoms with Crippen molar-refractivity contribution in [1.29, 1.82) is 5.26 Å². The fraction of sp³-hybridized carbons (Fsp3) is 0.0870. The van der Waals surface area contributed by atoms with Crippen LogP contribution in [0.1, 0.15) is 0 Å². The first-order valence-electron chi connectivity index (χ1n) is 9.75. The minimum absolute atomic E-state index is 0.0518. The van der Waals surface area contributed by atoms with Crippen LogP contribution in [0.3, 0.4) is 0 Å². The molecule has 0 fully saturated rings. The van der Waals surface area contributed by atoms with Gasteiger partial charge in [-0.1, -0.05) is 53.2 Å². The molecule has 0 aliphatic carbocycles. The van der Waals surface area contributed by atoms with Crippen LogP contribution in [0.5, 0.6) is 0 Å². The summed E-state index contributed by atoms with van der Waals surface area (Å²) in [4.78, 5) is 18.6. The summed E-state index contributed by atoms with van der Waals surface area (Å²) in [6.07, 6.45) is 3.35. The van der Waals surface area contributed by atoms with Crippen LogP contribution in [0.25, 0.3) is 17.1 Å². The monoisotopic (exact) mass is 494 g/mol. The molecule has 0 unspecified atom stereocenters. The van der Waals surface area contributed by atoms with Crippen molar-refractivity contribution in [3.05, 3.63) is 83.1 Å². The molecule has 4 rings (SSSR count). The topological polar surface area (TPSA) is 87.7 Å². The van der Waals surface area contributed by atoms with E-state index in [0.717, 1.165) is 5.56 Å². The van der Waals surface area contributed by atoms with Gasteiger partial charge in [0.25, 0.3) is 0 Å². The molecule has 2 heterocycles. The van der Waals surface area contributed by atoms with Gasteiger partial charge in [-0.2, -0.15) is 5.26 Å². The molecule has 164 valence electrons. The van der Waals surface area contributed by atoms with Gasteiger partial charge < -0.3 is 0 Å². The first-order valence-corrected chi connectivity index (χ1v) is 11.5. The lowest BCUT2D eigenvalue weighted by Gasteiger charge is -2.19. The SMILES string of the molecule is N#CCN(C(=O)CSc1nnc(-c2cccnc2)n1-c1ccc(Cl)c(Cl)c1)c1ccccc1. The number of carbonyl (C=O) groups excluding carboxylic acids is 1. The molecule has 0 aliphatic rings. The Kier molecular flexibility index (Phi) is 7.25. The Bertz CT molecular complexity index is 1310. The van der Waals surface area contributed by atoms with E-state index in [1.807, 2.05) is 30.3 Å². The molecule has 0 spiro atoms. The fourth-order valence-electron chi connectivity index (χ4n) is 3.11. The highest BCUT2D eigenvalue weighted by Crippen LogP contribution is 2.31. The molecule has 0 atom stereocenters. The highest BCUT2D eigenvalue weighted by Gasteiger charge is 2.21. The Labute approximate surface area is 204 Å². The number of benzene rings is 2. The number of anilines is 1. The predicted molar refractivity (Wildman–Crippen MR) is 130 cm³/mol. The van der Waals surface area contributed by atoms with Crippen LogP contribution in [-0.2, 0) is 4.79 Å². The molecule has 4 aromatic rings. The maximum atomic E-state index is 13.0. The molecular weight excluding hydrogens is 479 g/mol. The standard InChI is InChI=1S/C23H16Cl2N6OS/c24-19-9-8-18(13-20(19)25)31-22(16-5-4-11-27-14-16)28-29-23(31)33-15-21(32)30(12-10-26)17-6-2-1-3-7-17/h1-9,11,13-14H,12,15H2. The number of carbonyl (C=O) groups is 1.